The van der Waals surface area contributed by atoms with E-state index in [4.69, 9.17) is 4.42 Å². The third kappa shape index (κ3) is 1.92. The Kier molecular flexibility index (Phi) is 3.10. The summed E-state index contributed by atoms with van der Waals surface area (Å²) in [5.74, 6) is -0.396. The van der Waals surface area contributed by atoms with Crippen LogP contribution < -0.4 is 4.57 Å². The Morgan fingerprint density at radius 3 is 2.75 bits per heavy atom. The molecule has 116 valence electrons. The molecule has 0 N–H and O–H groups in total. The minimum atomic E-state index is -0.396. The number of nitriles is 1. The van der Waals surface area contributed by atoms with E-state index in [-0.39, 0.29) is 5.58 Å². The fourth-order valence-corrected chi connectivity index (χ4v) is 3.24. The Labute approximate surface area is 138 Å². The third-order valence-corrected chi connectivity index (χ3v) is 4.36. The monoisotopic (exact) mass is 317 g/mol. The summed E-state index contributed by atoms with van der Waals surface area (Å²) >= 11 is 0. The molecule has 0 radical (unpaired) electrons. The Hall–Kier alpha value is -3.19. The van der Waals surface area contributed by atoms with Crippen molar-refractivity contribution in [1.29, 1.82) is 5.26 Å². The number of halogens is 1. The van der Waals surface area contributed by atoms with Gasteiger partial charge in [0.25, 0.3) is 0 Å². The molecule has 0 bridgehead atoms. The molecule has 4 aromatic rings. The zero-order valence-corrected chi connectivity index (χ0v) is 13.3. The number of nitrogens with zero attached hydrogens (tertiary/aromatic N) is 2. The van der Waals surface area contributed by atoms with Crippen molar-refractivity contribution in [1.82, 2.24) is 0 Å². The van der Waals surface area contributed by atoms with Crippen molar-refractivity contribution in [3.63, 3.8) is 0 Å². The minimum Gasteiger partial charge on any atom is -0.453 e. The first-order valence-corrected chi connectivity index (χ1v) is 7.61. The standard InChI is InChI=1S/C20H14FN2O/c1-12-10-14-18-13(11-22)6-5-8-16(18)24-20(14)19(21)17(12)15-7-3-4-9-23(15)2/h3-10H,1-2H3/q+1. The van der Waals surface area contributed by atoms with E-state index in [1.807, 2.05) is 49.0 Å². The van der Waals surface area contributed by atoms with Crippen molar-refractivity contribution in [2.75, 3.05) is 0 Å². The number of hydrogen-bond donors (Lipinski definition) is 0. The molecule has 0 aliphatic rings. The van der Waals surface area contributed by atoms with Crippen LogP contribution in [0.4, 0.5) is 4.39 Å². The maximum atomic E-state index is 15.3. The highest BCUT2D eigenvalue weighted by Gasteiger charge is 2.23. The number of benzene rings is 2. The van der Waals surface area contributed by atoms with Gasteiger partial charge in [-0.25, -0.2) is 8.96 Å². The first kappa shape index (κ1) is 14.4. The largest absolute Gasteiger partial charge is 0.453 e. The number of fused-ring (bicyclic) bond motifs is 3. The summed E-state index contributed by atoms with van der Waals surface area (Å²) in [5, 5.41) is 10.6. The lowest BCUT2D eigenvalue weighted by Crippen LogP contribution is -2.30. The van der Waals surface area contributed by atoms with E-state index in [1.165, 1.54) is 0 Å². The van der Waals surface area contributed by atoms with Gasteiger partial charge in [-0.05, 0) is 36.8 Å². The van der Waals surface area contributed by atoms with E-state index < -0.39 is 5.82 Å². The Bertz CT molecular complexity index is 1150. The highest BCUT2D eigenvalue weighted by atomic mass is 19.1. The lowest BCUT2D eigenvalue weighted by molar-refractivity contribution is -0.660. The second kappa shape index (κ2) is 5.17. The van der Waals surface area contributed by atoms with Gasteiger partial charge in [0.2, 0.25) is 5.69 Å². The van der Waals surface area contributed by atoms with Crippen LogP contribution in [-0.2, 0) is 7.05 Å². The molecular weight excluding hydrogens is 303 g/mol. The van der Waals surface area contributed by atoms with Crippen LogP contribution in [0.15, 0.2) is 53.1 Å². The fraction of sp³-hybridized carbons (Fsp3) is 0.100. The molecule has 4 heteroatoms. The molecule has 0 amide bonds. The van der Waals surface area contributed by atoms with E-state index >= 15 is 4.39 Å². The van der Waals surface area contributed by atoms with Gasteiger partial charge in [-0.3, -0.25) is 0 Å². The number of furan rings is 1. The first-order chi connectivity index (χ1) is 11.6. The lowest BCUT2D eigenvalue weighted by atomic mass is 9.99. The number of pyridine rings is 1. The van der Waals surface area contributed by atoms with Gasteiger partial charge in [-0.1, -0.05) is 6.07 Å². The van der Waals surface area contributed by atoms with E-state index in [9.17, 15) is 5.26 Å². The van der Waals surface area contributed by atoms with Crippen LogP contribution in [0.3, 0.4) is 0 Å². The normalized spacial score (nSPS) is 11.1. The summed E-state index contributed by atoms with van der Waals surface area (Å²) in [7, 11) is 1.88. The third-order valence-electron chi connectivity index (χ3n) is 4.36. The van der Waals surface area contributed by atoms with Crippen LogP contribution >= 0.6 is 0 Å². The predicted octanol–water partition coefficient (Wildman–Crippen LogP) is 4.40. The minimum absolute atomic E-state index is 0.192. The van der Waals surface area contributed by atoms with E-state index in [0.29, 0.717) is 27.5 Å². The van der Waals surface area contributed by atoms with Gasteiger partial charge in [-0.15, -0.1) is 0 Å². The molecule has 0 unspecified atom stereocenters. The number of rotatable bonds is 1. The van der Waals surface area contributed by atoms with Crippen LogP contribution in [0, 0.1) is 24.1 Å². The van der Waals surface area contributed by atoms with E-state index in [2.05, 4.69) is 6.07 Å². The number of aryl methyl sites for hydroxylation is 2. The van der Waals surface area contributed by atoms with Gasteiger partial charge in [0.1, 0.15) is 12.6 Å². The molecule has 0 saturated carbocycles. The van der Waals surface area contributed by atoms with Crippen molar-refractivity contribution in [3.8, 4) is 17.3 Å². The molecule has 0 saturated heterocycles. The average molecular weight is 317 g/mol. The topological polar surface area (TPSA) is 40.8 Å². The van der Waals surface area contributed by atoms with Gasteiger partial charge in [0.05, 0.1) is 17.2 Å². The van der Waals surface area contributed by atoms with Crippen molar-refractivity contribution >= 4 is 21.9 Å². The van der Waals surface area contributed by atoms with Gasteiger partial charge in [0.15, 0.2) is 17.6 Å². The zero-order chi connectivity index (χ0) is 16.8. The molecule has 0 aliphatic heterocycles. The zero-order valence-electron chi connectivity index (χ0n) is 13.3. The van der Waals surface area contributed by atoms with Crippen molar-refractivity contribution in [2.24, 2.45) is 7.05 Å². The molecule has 2 heterocycles. The van der Waals surface area contributed by atoms with Gasteiger partial charge >= 0.3 is 0 Å². The highest BCUT2D eigenvalue weighted by molar-refractivity contribution is 6.09. The Balaban J connectivity index is 2.16. The number of aromatic nitrogens is 1. The van der Waals surface area contributed by atoms with E-state index in [1.54, 1.807) is 18.2 Å². The second-order valence-corrected chi connectivity index (χ2v) is 5.85. The average Bonchev–Trinajstić information content (AvgIpc) is 2.95. The van der Waals surface area contributed by atoms with Crippen molar-refractivity contribution in [2.45, 2.75) is 6.92 Å². The Morgan fingerprint density at radius 1 is 1.17 bits per heavy atom. The highest BCUT2D eigenvalue weighted by Crippen LogP contribution is 2.37. The summed E-state index contributed by atoms with van der Waals surface area (Å²) in [6, 6.07) is 14.9. The van der Waals surface area contributed by atoms with Gasteiger partial charge in [-0.2, -0.15) is 5.26 Å². The summed E-state index contributed by atoms with van der Waals surface area (Å²) < 4.78 is 22.9. The molecule has 0 spiro atoms. The number of hydrogen-bond acceptors (Lipinski definition) is 2. The maximum Gasteiger partial charge on any atom is 0.215 e. The SMILES string of the molecule is Cc1cc2c(oc3cccc(C#N)c32)c(F)c1-c1cccc[n+]1C. The fourth-order valence-electron chi connectivity index (χ4n) is 3.24. The summed E-state index contributed by atoms with van der Waals surface area (Å²) in [6.45, 7) is 1.87. The van der Waals surface area contributed by atoms with E-state index in [0.717, 1.165) is 11.3 Å². The smallest absolute Gasteiger partial charge is 0.215 e. The second-order valence-electron chi connectivity index (χ2n) is 5.85. The summed E-state index contributed by atoms with van der Waals surface area (Å²) in [5.41, 5.74) is 3.30. The molecule has 0 aliphatic carbocycles. The lowest BCUT2D eigenvalue weighted by Gasteiger charge is -2.06. The molecule has 0 fully saturated rings. The summed E-state index contributed by atoms with van der Waals surface area (Å²) in [6.07, 6.45) is 1.88. The van der Waals surface area contributed by atoms with Gasteiger partial charge in [0, 0.05) is 22.9 Å². The van der Waals surface area contributed by atoms with Crippen LogP contribution in [0.2, 0.25) is 0 Å². The van der Waals surface area contributed by atoms with Crippen molar-refractivity contribution in [3.05, 3.63) is 65.6 Å². The Morgan fingerprint density at radius 2 is 2.00 bits per heavy atom. The van der Waals surface area contributed by atoms with Crippen LogP contribution in [-0.4, -0.2) is 0 Å². The summed E-state index contributed by atoms with van der Waals surface area (Å²) in [4.78, 5) is 0. The molecule has 2 aromatic carbocycles. The molecule has 0 atom stereocenters. The quantitative estimate of drug-likeness (QED) is 0.488. The van der Waals surface area contributed by atoms with Crippen LogP contribution in [0.5, 0.6) is 0 Å². The first-order valence-electron chi connectivity index (χ1n) is 7.61. The molecule has 4 rings (SSSR count). The van der Waals surface area contributed by atoms with Crippen LogP contribution in [0.1, 0.15) is 11.1 Å². The molecule has 24 heavy (non-hydrogen) atoms. The predicted molar refractivity (Wildman–Crippen MR) is 89.7 cm³/mol. The maximum absolute atomic E-state index is 15.3. The molecule has 2 aromatic heterocycles. The molecule has 3 nitrogen and oxygen atoms in total. The van der Waals surface area contributed by atoms with Crippen LogP contribution in [0.25, 0.3) is 33.2 Å². The van der Waals surface area contributed by atoms with Gasteiger partial charge < -0.3 is 4.42 Å². The molecular formula is C20H14FN2O+. The van der Waals surface area contributed by atoms with Crippen molar-refractivity contribution < 1.29 is 13.4 Å².